The third kappa shape index (κ3) is 1.37. The second kappa shape index (κ2) is 2.98. The van der Waals surface area contributed by atoms with Crippen LogP contribution in [0.1, 0.15) is 32.1 Å². The van der Waals surface area contributed by atoms with E-state index >= 15 is 0 Å². The molecule has 1 atom stereocenters. The van der Waals surface area contributed by atoms with Gasteiger partial charge in [0.2, 0.25) is 0 Å². The minimum Gasteiger partial charge on any atom is -0.393 e. The Kier molecular flexibility index (Phi) is 2.10. The van der Waals surface area contributed by atoms with Gasteiger partial charge in [0.15, 0.2) is 0 Å². The first-order valence-electron chi connectivity index (χ1n) is 4.79. The van der Waals surface area contributed by atoms with Crippen molar-refractivity contribution in [1.29, 1.82) is 0 Å². The molecule has 2 aliphatic rings. The predicted octanol–water partition coefficient (Wildman–Crippen LogP) is 0.408. The molecule has 2 rings (SSSR count). The van der Waals surface area contributed by atoms with Gasteiger partial charge in [0.1, 0.15) is 0 Å². The molecule has 1 unspecified atom stereocenters. The summed E-state index contributed by atoms with van der Waals surface area (Å²) >= 11 is 0. The summed E-state index contributed by atoms with van der Waals surface area (Å²) in [7, 11) is 0. The SMILES string of the molecule is NC1(C2CCCCO2)CC(O)C1. The highest BCUT2D eigenvalue weighted by molar-refractivity contribution is 5.04. The van der Waals surface area contributed by atoms with Gasteiger partial charge in [0, 0.05) is 12.1 Å². The molecule has 12 heavy (non-hydrogen) atoms. The zero-order valence-electron chi connectivity index (χ0n) is 7.33. The Morgan fingerprint density at radius 3 is 2.58 bits per heavy atom. The molecule has 1 aliphatic carbocycles. The van der Waals surface area contributed by atoms with Crippen LogP contribution in [0.25, 0.3) is 0 Å². The molecule has 0 bridgehead atoms. The lowest BCUT2D eigenvalue weighted by Gasteiger charge is -2.48. The van der Waals surface area contributed by atoms with E-state index in [0.29, 0.717) is 0 Å². The van der Waals surface area contributed by atoms with Crippen LogP contribution in [0.3, 0.4) is 0 Å². The number of ether oxygens (including phenoxy) is 1. The monoisotopic (exact) mass is 171 g/mol. The number of nitrogens with two attached hydrogens (primary N) is 1. The highest BCUT2D eigenvalue weighted by atomic mass is 16.5. The van der Waals surface area contributed by atoms with E-state index in [1.54, 1.807) is 0 Å². The van der Waals surface area contributed by atoms with Crippen LogP contribution < -0.4 is 5.73 Å². The van der Waals surface area contributed by atoms with E-state index in [9.17, 15) is 5.11 Å². The van der Waals surface area contributed by atoms with Gasteiger partial charge >= 0.3 is 0 Å². The summed E-state index contributed by atoms with van der Waals surface area (Å²) < 4.78 is 5.60. The first kappa shape index (κ1) is 8.48. The maximum Gasteiger partial charge on any atom is 0.0756 e. The standard InChI is InChI=1S/C9H17NO2/c10-9(5-7(11)6-9)8-3-1-2-4-12-8/h7-8,11H,1-6,10H2. The molecule has 1 saturated heterocycles. The fourth-order valence-corrected chi connectivity index (χ4v) is 2.27. The van der Waals surface area contributed by atoms with Crippen molar-refractivity contribution in [3.63, 3.8) is 0 Å². The molecule has 3 heteroatoms. The van der Waals surface area contributed by atoms with Gasteiger partial charge < -0.3 is 15.6 Å². The molecule has 3 nitrogen and oxygen atoms in total. The molecule has 0 aromatic heterocycles. The summed E-state index contributed by atoms with van der Waals surface area (Å²) in [4.78, 5) is 0. The summed E-state index contributed by atoms with van der Waals surface area (Å²) in [5.41, 5.74) is 5.87. The topological polar surface area (TPSA) is 55.5 Å². The van der Waals surface area contributed by atoms with Crippen LogP contribution in [0, 0.1) is 0 Å². The Morgan fingerprint density at radius 2 is 2.08 bits per heavy atom. The number of aliphatic hydroxyl groups is 1. The molecule has 0 radical (unpaired) electrons. The van der Waals surface area contributed by atoms with Gasteiger partial charge in [-0.25, -0.2) is 0 Å². The van der Waals surface area contributed by atoms with Crippen LogP contribution in [0.2, 0.25) is 0 Å². The molecule has 0 aromatic rings. The molecule has 3 N–H and O–H groups in total. The molecule has 1 heterocycles. The van der Waals surface area contributed by atoms with E-state index in [0.717, 1.165) is 32.3 Å². The van der Waals surface area contributed by atoms with Gasteiger partial charge in [0.05, 0.1) is 12.2 Å². The molecule has 0 aromatic carbocycles. The van der Waals surface area contributed by atoms with Gasteiger partial charge in [-0.2, -0.15) is 0 Å². The van der Waals surface area contributed by atoms with Gasteiger partial charge in [-0.15, -0.1) is 0 Å². The van der Waals surface area contributed by atoms with Crippen LogP contribution in [-0.4, -0.2) is 29.5 Å². The molecular weight excluding hydrogens is 154 g/mol. The van der Waals surface area contributed by atoms with Crippen molar-refractivity contribution < 1.29 is 9.84 Å². The Morgan fingerprint density at radius 1 is 1.33 bits per heavy atom. The number of hydrogen-bond donors (Lipinski definition) is 2. The highest BCUT2D eigenvalue weighted by Crippen LogP contribution is 2.37. The van der Waals surface area contributed by atoms with Crippen LogP contribution >= 0.6 is 0 Å². The van der Waals surface area contributed by atoms with E-state index in [-0.39, 0.29) is 17.7 Å². The van der Waals surface area contributed by atoms with Crippen LogP contribution in [0.4, 0.5) is 0 Å². The molecule has 0 spiro atoms. The van der Waals surface area contributed by atoms with E-state index in [4.69, 9.17) is 10.5 Å². The van der Waals surface area contributed by atoms with E-state index in [1.807, 2.05) is 0 Å². The summed E-state index contributed by atoms with van der Waals surface area (Å²) in [5.74, 6) is 0. The Balaban J connectivity index is 1.90. The van der Waals surface area contributed by atoms with E-state index < -0.39 is 0 Å². The second-order valence-electron chi connectivity index (χ2n) is 4.15. The van der Waals surface area contributed by atoms with Crippen LogP contribution in [-0.2, 0) is 4.74 Å². The normalized spacial score (nSPS) is 48.5. The average Bonchev–Trinajstić information content (AvgIpc) is 2.04. The Hall–Kier alpha value is -0.120. The lowest BCUT2D eigenvalue weighted by atomic mass is 9.70. The number of aliphatic hydroxyl groups excluding tert-OH is 1. The largest absolute Gasteiger partial charge is 0.393 e. The van der Waals surface area contributed by atoms with Gasteiger partial charge in [-0.3, -0.25) is 0 Å². The number of rotatable bonds is 1. The van der Waals surface area contributed by atoms with Gasteiger partial charge in [0.25, 0.3) is 0 Å². The molecule has 2 fully saturated rings. The van der Waals surface area contributed by atoms with Crippen molar-refractivity contribution in [3.8, 4) is 0 Å². The zero-order valence-corrected chi connectivity index (χ0v) is 7.33. The lowest BCUT2D eigenvalue weighted by molar-refractivity contribution is -0.0981. The third-order valence-electron chi connectivity index (χ3n) is 3.05. The van der Waals surface area contributed by atoms with Crippen molar-refractivity contribution >= 4 is 0 Å². The van der Waals surface area contributed by atoms with Crippen molar-refractivity contribution in [1.82, 2.24) is 0 Å². The first-order valence-corrected chi connectivity index (χ1v) is 4.79. The maximum atomic E-state index is 9.18. The van der Waals surface area contributed by atoms with Crippen LogP contribution in [0.15, 0.2) is 0 Å². The molecule has 0 amide bonds. The summed E-state index contributed by atoms with van der Waals surface area (Å²) in [6, 6.07) is 0. The minimum atomic E-state index is -0.208. The first-order chi connectivity index (χ1) is 5.71. The molecule has 1 saturated carbocycles. The summed E-state index contributed by atoms with van der Waals surface area (Å²) in [6.45, 7) is 0.847. The van der Waals surface area contributed by atoms with Crippen molar-refractivity contribution in [2.75, 3.05) is 6.61 Å². The van der Waals surface area contributed by atoms with E-state index in [1.165, 1.54) is 6.42 Å². The van der Waals surface area contributed by atoms with Gasteiger partial charge in [-0.1, -0.05) is 0 Å². The Labute approximate surface area is 72.9 Å². The summed E-state index contributed by atoms with van der Waals surface area (Å²) in [5, 5.41) is 9.18. The molecule has 1 aliphatic heterocycles. The van der Waals surface area contributed by atoms with E-state index in [2.05, 4.69) is 0 Å². The minimum absolute atomic E-state index is 0.180. The second-order valence-corrected chi connectivity index (χ2v) is 4.15. The van der Waals surface area contributed by atoms with Gasteiger partial charge in [-0.05, 0) is 32.1 Å². The summed E-state index contributed by atoms with van der Waals surface area (Å²) in [6.07, 6.45) is 4.92. The molecular formula is C9H17NO2. The average molecular weight is 171 g/mol. The molecule has 70 valence electrons. The number of hydrogen-bond acceptors (Lipinski definition) is 3. The lowest BCUT2D eigenvalue weighted by Crippen LogP contribution is -2.63. The van der Waals surface area contributed by atoms with Crippen molar-refractivity contribution in [3.05, 3.63) is 0 Å². The highest BCUT2D eigenvalue weighted by Gasteiger charge is 2.47. The maximum absolute atomic E-state index is 9.18. The fourth-order valence-electron chi connectivity index (χ4n) is 2.27. The fraction of sp³-hybridized carbons (Fsp3) is 1.00. The third-order valence-corrected chi connectivity index (χ3v) is 3.05. The smallest absolute Gasteiger partial charge is 0.0756 e. The van der Waals surface area contributed by atoms with Crippen molar-refractivity contribution in [2.45, 2.75) is 49.9 Å². The van der Waals surface area contributed by atoms with Crippen LogP contribution in [0.5, 0.6) is 0 Å². The predicted molar refractivity (Wildman–Crippen MR) is 45.8 cm³/mol. The Bertz CT molecular complexity index is 160. The zero-order chi connectivity index (χ0) is 8.60. The quantitative estimate of drug-likeness (QED) is 0.600. The van der Waals surface area contributed by atoms with Crippen molar-refractivity contribution in [2.24, 2.45) is 5.73 Å².